The third kappa shape index (κ3) is 4.41. The van der Waals surface area contributed by atoms with Crippen LogP contribution in [0.4, 0.5) is 0 Å². The maximum atomic E-state index is 6.90. The van der Waals surface area contributed by atoms with Crippen LogP contribution >= 0.6 is 0 Å². The summed E-state index contributed by atoms with van der Waals surface area (Å²) in [6, 6.07) is 17.0. The summed E-state index contributed by atoms with van der Waals surface area (Å²) in [6.45, 7) is 4.35. The van der Waals surface area contributed by atoms with Gasteiger partial charge < -0.3 is 0 Å². The molecule has 0 aromatic heterocycles. The van der Waals surface area contributed by atoms with Crippen molar-refractivity contribution in [1.29, 1.82) is 0 Å². The zero-order valence-electron chi connectivity index (χ0n) is 17.2. The minimum atomic E-state index is -3.85. The first-order valence-electron chi connectivity index (χ1n) is 10.5. The predicted octanol–water partition coefficient (Wildman–Crippen LogP) is 6.94. The van der Waals surface area contributed by atoms with Crippen molar-refractivity contribution in [2.75, 3.05) is 0 Å². The average Bonchev–Trinajstić information content (AvgIpc) is 3.49. The zero-order valence-corrected chi connectivity index (χ0v) is 19.7. The van der Waals surface area contributed by atoms with Gasteiger partial charge >= 0.3 is 180 Å². The van der Waals surface area contributed by atoms with Crippen molar-refractivity contribution >= 4 is 0 Å². The molecular formula is C26H28O2Zr. The Morgan fingerprint density at radius 3 is 1.38 bits per heavy atom. The maximum absolute atomic E-state index is 6.90. The Bertz CT molecular complexity index is 881. The number of hydrogen-bond donors (Lipinski definition) is 0. The molecule has 0 amide bonds. The molecule has 0 saturated carbocycles. The van der Waals surface area contributed by atoms with Crippen LogP contribution in [0.25, 0.3) is 0 Å². The summed E-state index contributed by atoms with van der Waals surface area (Å²) in [4.78, 5) is 0. The number of allylic oxidation sites excluding steroid dienone is 8. The Morgan fingerprint density at radius 1 is 0.655 bits per heavy atom. The first-order chi connectivity index (χ1) is 14.2. The predicted molar refractivity (Wildman–Crippen MR) is 117 cm³/mol. The van der Waals surface area contributed by atoms with E-state index in [0.717, 1.165) is 37.2 Å². The monoisotopic (exact) mass is 462 g/mol. The van der Waals surface area contributed by atoms with E-state index in [2.05, 4.69) is 98.8 Å². The Kier molecular flexibility index (Phi) is 6.35. The molecule has 3 heteroatoms. The van der Waals surface area contributed by atoms with E-state index >= 15 is 0 Å². The average molecular weight is 464 g/mol. The van der Waals surface area contributed by atoms with Gasteiger partial charge in [0.05, 0.1) is 0 Å². The van der Waals surface area contributed by atoms with E-state index in [1.165, 1.54) is 17.7 Å². The molecule has 0 bridgehead atoms. The topological polar surface area (TPSA) is 18.5 Å². The van der Waals surface area contributed by atoms with Gasteiger partial charge in [0.1, 0.15) is 0 Å². The van der Waals surface area contributed by atoms with Crippen LogP contribution in [0, 0.1) is 0 Å². The van der Waals surface area contributed by atoms with Crippen LogP contribution in [0.1, 0.15) is 37.8 Å². The molecule has 4 rings (SSSR count). The van der Waals surface area contributed by atoms with Crippen LogP contribution in [-0.2, 0) is 34.0 Å². The molecule has 0 N–H and O–H groups in total. The molecule has 0 fully saturated rings. The summed E-state index contributed by atoms with van der Waals surface area (Å²) in [7, 11) is 0. The molecule has 29 heavy (non-hydrogen) atoms. The van der Waals surface area contributed by atoms with Crippen LogP contribution in [-0.4, -0.2) is 0 Å². The number of rotatable bonds is 8. The molecule has 2 aliphatic rings. The zero-order chi connectivity index (χ0) is 20.1. The van der Waals surface area contributed by atoms with Gasteiger partial charge in [0.15, 0.2) is 0 Å². The van der Waals surface area contributed by atoms with Gasteiger partial charge in [0.2, 0.25) is 0 Å². The fourth-order valence-electron chi connectivity index (χ4n) is 3.79. The molecule has 2 aliphatic carbocycles. The quantitative estimate of drug-likeness (QED) is 0.422. The normalized spacial score (nSPS) is 15.4. The van der Waals surface area contributed by atoms with Crippen molar-refractivity contribution in [3.8, 4) is 11.5 Å². The second kappa shape index (κ2) is 9.14. The Labute approximate surface area is 179 Å². The fraction of sp³-hybridized carbons (Fsp3) is 0.231. The first-order valence-corrected chi connectivity index (χ1v) is 15.0. The van der Waals surface area contributed by atoms with Crippen molar-refractivity contribution in [1.82, 2.24) is 0 Å². The van der Waals surface area contributed by atoms with Gasteiger partial charge in [-0.25, -0.2) is 0 Å². The standard InChI is InChI=1S/2C8H10O.2C5H5.Zr/c2*1-2-7-3-5-8(9)6-4-7;2*1-2-4-5-3-1;/h2*3-6,9H,2H2,1H3;2*1-3H,4H2;/q;;;;+2/p-2. The van der Waals surface area contributed by atoms with E-state index in [0.29, 0.717) is 0 Å². The molecule has 0 heterocycles. The Balaban J connectivity index is 1.74. The number of hydrogen-bond acceptors (Lipinski definition) is 2. The van der Waals surface area contributed by atoms with Gasteiger partial charge in [-0.2, -0.15) is 0 Å². The number of benzene rings is 2. The van der Waals surface area contributed by atoms with Crippen LogP contribution in [0.5, 0.6) is 11.5 Å². The van der Waals surface area contributed by atoms with Crippen LogP contribution in [0.15, 0.2) is 91.5 Å². The Morgan fingerprint density at radius 2 is 1.07 bits per heavy atom. The van der Waals surface area contributed by atoms with Crippen LogP contribution in [0.3, 0.4) is 0 Å². The van der Waals surface area contributed by atoms with Gasteiger partial charge in [0.25, 0.3) is 0 Å². The van der Waals surface area contributed by atoms with Gasteiger partial charge in [-0.1, -0.05) is 0 Å². The molecule has 0 radical (unpaired) electrons. The van der Waals surface area contributed by atoms with E-state index in [1.54, 1.807) is 0 Å². The van der Waals surface area contributed by atoms with Gasteiger partial charge in [-0.3, -0.25) is 0 Å². The Hall–Kier alpha value is -2.12. The summed E-state index contributed by atoms with van der Waals surface area (Å²) in [6.07, 6.45) is 17.0. The molecule has 2 nitrogen and oxygen atoms in total. The molecule has 0 spiro atoms. The van der Waals surface area contributed by atoms with Gasteiger partial charge in [-0.05, 0) is 0 Å². The molecule has 0 saturated heterocycles. The summed E-state index contributed by atoms with van der Waals surface area (Å²) >= 11 is -3.85. The summed E-state index contributed by atoms with van der Waals surface area (Å²) in [5.41, 5.74) is 2.63. The van der Waals surface area contributed by atoms with E-state index < -0.39 is 21.1 Å². The second-order valence-electron chi connectivity index (χ2n) is 7.46. The van der Waals surface area contributed by atoms with E-state index in [-0.39, 0.29) is 0 Å². The minimum absolute atomic E-state index is 0.906. The number of aryl methyl sites for hydroxylation is 2. The van der Waals surface area contributed by atoms with E-state index in [4.69, 9.17) is 5.63 Å². The summed E-state index contributed by atoms with van der Waals surface area (Å²) in [5.74, 6) is 1.81. The van der Waals surface area contributed by atoms with Crippen molar-refractivity contribution in [2.24, 2.45) is 0 Å². The van der Waals surface area contributed by atoms with Crippen LogP contribution < -0.4 is 5.63 Å². The molecule has 2 aromatic rings. The molecule has 0 atom stereocenters. The van der Waals surface area contributed by atoms with E-state index in [1.807, 2.05) is 0 Å². The van der Waals surface area contributed by atoms with Crippen LogP contribution in [0.2, 0.25) is 0 Å². The van der Waals surface area contributed by atoms with Crippen molar-refractivity contribution in [3.05, 3.63) is 103 Å². The molecule has 2 aromatic carbocycles. The molecule has 148 valence electrons. The van der Waals surface area contributed by atoms with Crippen molar-refractivity contribution < 1.29 is 26.8 Å². The molecular weight excluding hydrogens is 436 g/mol. The second-order valence-corrected chi connectivity index (χ2v) is 14.7. The third-order valence-corrected chi connectivity index (χ3v) is 14.1. The van der Waals surface area contributed by atoms with Gasteiger partial charge in [0, 0.05) is 0 Å². The van der Waals surface area contributed by atoms with Crippen molar-refractivity contribution in [3.63, 3.8) is 0 Å². The summed E-state index contributed by atoms with van der Waals surface area (Å²) < 4.78 is 16.5. The SMILES string of the molecule is CCc1ccc([O][Zr]([O]c2ccc(CC)cc2)([C]2=CC=CC2)[C]2=CC=CC2)cc1. The van der Waals surface area contributed by atoms with Gasteiger partial charge in [-0.15, -0.1) is 0 Å². The summed E-state index contributed by atoms with van der Waals surface area (Å²) in [5, 5.41) is 0. The first kappa shape index (κ1) is 20.2. The fourth-order valence-corrected chi connectivity index (χ4v) is 11.9. The molecule has 0 aliphatic heterocycles. The molecule has 0 unspecified atom stereocenters. The van der Waals surface area contributed by atoms with E-state index in [9.17, 15) is 0 Å². The third-order valence-electron chi connectivity index (χ3n) is 5.57. The van der Waals surface area contributed by atoms with Crippen molar-refractivity contribution in [2.45, 2.75) is 39.5 Å².